The minimum absolute atomic E-state index is 0.223. The summed E-state index contributed by atoms with van der Waals surface area (Å²) in [5, 5.41) is 24.2. The summed E-state index contributed by atoms with van der Waals surface area (Å²) >= 11 is 1.74. The number of para-hydroxylation sites is 1. The minimum atomic E-state index is 0.223. The Morgan fingerprint density at radius 2 is 2.09 bits per heavy atom. The number of aromatic hydroxyl groups is 1. The fraction of sp³-hybridized carbons (Fsp3) is 0.400. The third kappa shape index (κ3) is 4.86. The van der Waals surface area contributed by atoms with E-state index >= 15 is 0 Å². The lowest BCUT2D eigenvalue weighted by Gasteiger charge is -2.26. The van der Waals surface area contributed by atoms with Gasteiger partial charge in [0.05, 0.1) is 12.3 Å². The van der Waals surface area contributed by atoms with Crippen LogP contribution in [0.15, 0.2) is 40.9 Å². The van der Waals surface area contributed by atoms with Crippen LogP contribution in [0.2, 0.25) is 0 Å². The Hall–Kier alpha value is -2.97. The second kappa shape index (κ2) is 9.49. The molecule has 1 aromatic carbocycles. The second-order valence-corrected chi connectivity index (χ2v) is 10.0. The van der Waals surface area contributed by atoms with Crippen molar-refractivity contribution in [1.29, 1.82) is 0 Å². The summed E-state index contributed by atoms with van der Waals surface area (Å²) in [6.45, 7) is 7.81. The average Bonchev–Trinajstić information content (AvgIpc) is 3.40. The van der Waals surface area contributed by atoms with Crippen molar-refractivity contribution in [2.75, 3.05) is 19.7 Å². The van der Waals surface area contributed by atoms with E-state index in [0.29, 0.717) is 29.7 Å². The number of phenolic OH excluding ortho intramolecular Hbond substituents is 1. The van der Waals surface area contributed by atoms with E-state index in [9.17, 15) is 5.11 Å². The Kier molecular flexibility index (Phi) is 6.28. The molecule has 0 spiro atoms. The number of hydrogen-bond acceptors (Lipinski definition) is 8. The van der Waals surface area contributed by atoms with Gasteiger partial charge in [-0.05, 0) is 47.7 Å². The van der Waals surface area contributed by atoms with Gasteiger partial charge in [0.1, 0.15) is 16.3 Å². The van der Waals surface area contributed by atoms with Gasteiger partial charge in [0.25, 0.3) is 5.88 Å². The Morgan fingerprint density at radius 1 is 1.21 bits per heavy atom. The van der Waals surface area contributed by atoms with E-state index in [2.05, 4.69) is 40.2 Å². The number of aromatic nitrogens is 3. The maximum Gasteiger partial charge on any atom is 0.254 e. The van der Waals surface area contributed by atoms with Crippen LogP contribution in [0.5, 0.6) is 11.6 Å². The summed E-state index contributed by atoms with van der Waals surface area (Å²) < 4.78 is 11.1. The zero-order chi connectivity index (χ0) is 22.8. The molecule has 0 aliphatic carbocycles. The molecule has 1 aliphatic heterocycles. The molecule has 1 aliphatic rings. The molecule has 0 unspecified atom stereocenters. The van der Waals surface area contributed by atoms with Gasteiger partial charge in [0, 0.05) is 47.9 Å². The second-order valence-electron chi connectivity index (χ2n) is 8.93. The van der Waals surface area contributed by atoms with Gasteiger partial charge in [-0.1, -0.05) is 26.0 Å². The highest BCUT2D eigenvalue weighted by Crippen LogP contribution is 2.36. The molecule has 1 N–H and O–H groups in total. The molecule has 8 heteroatoms. The highest BCUT2D eigenvalue weighted by Gasteiger charge is 2.22. The molecule has 7 nitrogen and oxygen atoms in total. The van der Waals surface area contributed by atoms with Gasteiger partial charge < -0.3 is 14.4 Å². The minimum Gasteiger partial charge on any atom is -0.507 e. The number of thiophene rings is 1. The third-order valence-corrected chi connectivity index (χ3v) is 7.07. The SMILES string of the molecule is CC(C)Cc1cc(OCCCN2CCc3sc4nnc(-c5ccccc5O)cc4c3C2)no1. The van der Waals surface area contributed by atoms with Crippen LogP contribution in [0.25, 0.3) is 21.5 Å². The maximum absolute atomic E-state index is 10.2. The Morgan fingerprint density at radius 3 is 2.94 bits per heavy atom. The lowest BCUT2D eigenvalue weighted by molar-refractivity contribution is 0.214. The van der Waals surface area contributed by atoms with Crippen molar-refractivity contribution in [3.8, 4) is 22.9 Å². The van der Waals surface area contributed by atoms with Gasteiger partial charge in [-0.2, -0.15) is 0 Å². The molecule has 4 heterocycles. The van der Waals surface area contributed by atoms with Gasteiger partial charge in [-0.25, -0.2) is 0 Å². The lowest BCUT2D eigenvalue weighted by Crippen LogP contribution is -2.31. The highest BCUT2D eigenvalue weighted by atomic mass is 32.1. The van der Waals surface area contributed by atoms with E-state index in [0.717, 1.165) is 54.9 Å². The molecule has 0 saturated carbocycles. The summed E-state index contributed by atoms with van der Waals surface area (Å²) in [5.41, 5.74) is 2.75. The lowest BCUT2D eigenvalue weighted by atomic mass is 10.0. The van der Waals surface area contributed by atoms with Crippen LogP contribution in [0.4, 0.5) is 0 Å². The van der Waals surface area contributed by atoms with Crippen molar-refractivity contribution >= 4 is 21.6 Å². The van der Waals surface area contributed by atoms with Crippen LogP contribution in [0.1, 0.15) is 36.5 Å². The zero-order valence-corrected chi connectivity index (χ0v) is 19.8. The van der Waals surface area contributed by atoms with E-state index in [1.54, 1.807) is 17.4 Å². The molecule has 0 radical (unpaired) electrons. The molecule has 0 amide bonds. The topological polar surface area (TPSA) is 84.5 Å². The quantitative estimate of drug-likeness (QED) is 0.364. The van der Waals surface area contributed by atoms with Gasteiger partial charge in [-0.3, -0.25) is 4.90 Å². The molecule has 0 saturated heterocycles. The molecule has 5 rings (SSSR count). The van der Waals surface area contributed by atoms with Crippen molar-refractivity contribution in [3.05, 3.63) is 52.6 Å². The van der Waals surface area contributed by atoms with Crippen LogP contribution in [0, 0.1) is 5.92 Å². The molecule has 0 atom stereocenters. The first-order valence-electron chi connectivity index (χ1n) is 11.4. The summed E-state index contributed by atoms with van der Waals surface area (Å²) in [4.78, 5) is 4.82. The monoisotopic (exact) mass is 464 g/mol. The molecule has 4 aromatic rings. The first kappa shape index (κ1) is 21.9. The Bertz CT molecular complexity index is 1250. The highest BCUT2D eigenvalue weighted by molar-refractivity contribution is 7.18. The van der Waals surface area contributed by atoms with Crippen molar-refractivity contribution in [3.63, 3.8) is 0 Å². The average molecular weight is 465 g/mol. The number of hydrogen-bond donors (Lipinski definition) is 1. The van der Waals surface area contributed by atoms with E-state index in [-0.39, 0.29) is 5.75 Å². The van der Waals surface area contributed by atoms with Crippen LogP contribution in [-0.4, -0.2) is 45.1 Å². The van der Waals surface area contributed by atoms with Crippen molar-refractivity contribution in [2.45, 2.75) is 39.7 Å². The smallest absolute Gasteiger partial charge is 0.254 e. The Balaban J connectivity index is 1.22. The number of nitrogens with zero attached hydrogens (tertiary/aromatic N) is 4. The van der Waals surface area contributed by atoms with Crippen LogP contribution in [0.3, 0.4) is 0 Å². The summed E-state index contributed by atoms with van der Waals surface area (Å²) in [6, 6.07) is 11.2. The van der Waals surface area contributed by atoms with E-state index in [1.165, 1.54) is 10.4 Å². The van der Waals surface area contributed by atoms with E-state index in [4.69, 9.17) is 9.26 Å². The first-order valence-corrected chi connectivity index (χ1v) is 12.3. The molecule has 172 valence electrons. The molecule has 33 heavy (non-hydrogen) atoms. The van der Waals surface area contributed by atoms with Crippen LogP contribution >= 0.6 is 11.3 Å². The first-order chi connectivity index (χ1) is 16.1. The fourth-order valence-corrected chi connectivity index (χ4v) is 5.37. The molecule has 0 bridgehead atoms. The summed E-state index contributed by atoms with van der Waals surface area (Å²) in [5.74, 6) is 2.20. The number of phenols is 1. The molecule has 0 fully saturated rings. The zero-order valence-electron chi connectivity index (χ0n) is 19.0. The van der Waals surface area contributed by atoms with E-state index < -0.39 is 0 Å². The van der Waals surface area contributed by atoms with Crippen molar-refractivity contribution in [1.82, 2.24) is 20.3 Å². The van der Waals surface area contributed by atoms with Gasteiger partial charge in [0.2, 0.25) is 0 Å². The van der Waals surface area contributed by atoms with Crippen molar-refractivity contribution < 1.29 is 14.4 Å². The predicted molar refractivity (Wildman–Crippen MR) is 129 cm³/mol. The number of ether oxygens (including phenoxy) is 1. The van der Waals surface area contributed by atoms with Crippen LogP contribution < -0.4 is 4.74 Å². The number of benzene rings is 1. The van der Waals surface area contributed by atoms with Gasteiger partial charge >= 0.3 is 0 Å². The summed E-state index contributed by atoms with van der Waals surface area (Å²) in [7, 11) is 0. The van der Waals surface area contributed by atoms with Gasteiger partial charge in [-0.15, -0.1) is 21.5 Å². The van der Waals surface area contributed by atoms with Crippen molar-refractivity contribution in [2.24, 2.45) is 5.92 Å². The van der Waals surface area contributed by atoms with Crippen LogP contribution in [-0.2, 0) is 19.4 Å². The Labute approximate surface area is 197 Å². The van der Waals surface area contributed by atoms with Gasteiger partial charge in [0.15, 0.2) is 0 Å². The summed E-state index contributed by atoms with van der Waals surface area (Å²) in [6.07, 6.45) is 2.81. The molecular formula is C25H28N4O3S. The largest absolute Gasteiger partial charge is 0.507 e. The molecular weight excluding hydrogens is 436 g/mol. The molecule has 3 aromatic heterocycles. The standard InChI is InChI=1S/C25H28N4O3S/c1-16(2)12-17-13-24(28-32-17)31-11-5-9-29-10-8-23-20(15-29)19-14-21(26-27-25(19)33-23)18-6-3-4-7-22(18)30/h3-4,6-7,13-14,16,30H,5,8-12,15H2,1-2H3. The maximum atomic E-state index is 10.2. The fourth-order valence-electron chi connectivity index (χ4n) is 4.28. The van der Waals surface area contributed by atoms with E-state index in [1.807, 2.05) is 24.3 Å². The number of rotatable bonds is 8. The third-order valence-electron chi connectivity index (χ3n) is 5.87. The predicted octanol–water partition coefficient (Wildman–Crippen LogP) is 5.08. The number of fused-ring (bicyclic) bond motifs is 3. The normalized spacial score (nSPS) is 14.2.